The Hall–Kier alpha value is -2.42. The molecule has 2 aliphatic rings. The minimum absolute atomic E-state index is 0.330. The van der Waals surface area contributed by atoms with Crippen LogP contribution in [-0.4, -0.2) is 37.7 Å². The van der Waals surface area contributed by atoms with E-state index in [9.17, 15) is 0 Å². The SMILES string of the molecule is COc1cc2c(cc1OC)CN(C(=NC1CCCCC1)NC#N)CC2. The molecule has 0 saturated heterocycles. The van der Waals surface area contributed by atoms with Gasteiger partial charge in [0, 0.05) is 13.1 Å². The first-order valence-electron chi connectivity index (χ1n) is 8.96. The van der Waals surface area contributed by atoms with E-state index in [2.05, 4.69) is 22.5 Å². The number of nitrogens with zero attached hydrogens (tertiary/aromatic N) is 3. The van der Waals surface area contributed by atoms with Gasteiger partial charge in [0.15, 0.2) is 17.7 Å². The zero-order valence-electron chi connectivity index (χ0n) is 15.0. The largest absolute Gasteiger partial charge is 0.493 e. The molecule has 0 unspecified atom stereocenters. The zero-order valence-corrected chi connectivity index (χ0v) is 15.0. The van der Waals surface area contributed by atoms with Crippen molar-refractivity contribution in [2.45, 2.75) is 51.1 Å². The summed E-state index contributed by atoms with van der Waals surface area (Å²) < 4.78 is 10.8. The Labute approximate surface area is 149 Å². The van der Waals surface area contributed by atoms with Gasteiger partial charge in [0.2, 0.25) is 5.96 Å². The lowest BCUT2D eigenvalue weighted by molar-refractivity contribution is 0.345. The molecule has 1 aromatic carbocycles. The maximum absolute atomic E-state index is 9.14. The molecule has 1 aliphatic heterocycles. The monoisotopic (exact) mass is 342 g/mol. The second-order valence-electron chi connectivity index (χ2n) is 6.63. The van der Waals surface area contributed by atoms with E-state index < -0.39 is 0 Å². The van der Waals surface area contributed by atoms with Crippen molar-refractivity contribution in [3.63, 3.8) is 0 Å². The van der Waals surface area contributed by atoms with E-state index in [4.69, 9.17) is 19.7 Å². The average molecular weight is 342 g/mol. The number of ether oxygens (including phenoxy) is 2. The highest BCUT2D eigenvalue weighted by Gasteiger charge is 2.23. The quantitative estimate of drug-likeness (QED) is 0.396. The molecule has 1 aromatic rings. The summed E-state index contributed by atoms with van der Waals surface area (Å²) >= 11 is 0. The first kappa shape index (κ1) is 17.4. The third-order valence-corrected chi connectivity index (χ3v) is 5.06. The van der Waals surface area contributed by atoms with Crippen LogP contribution in [0, 0.1) is 11.5 Å². The van der Waals surface area contributed by atoms with Crippen LogP contribution in [0.5, 0.6) is 11.5 Å². The van der Waals surface area contributed by atoms with Crippen molar-refractivity contribution in [3.05, 3.63) is 23.3 Å². The minimum Gasteiger partial charge on any atom is -0.493 e. The lowest BCUT2D eigenvalue weighted by Crippen LogP contribution is -2.43. The van der Waals surface area contributed by atoms with E-state index in [-0.39, 0.29) is 0 Å². The molecule has 1 aliphatic carbocycles. The highest BCUT2D eigenvalue weighted by Crippen LogP contribution is 2.33. The molecular formula is C19H26N4O2. The highest BCUT2D eigenvalue weighted by molar-refractivity contribution is 5.82. The Bertz CT molecular complexity index is 675. The summed E-state index contributed by atoms with van der Waals surface area (Å²) in [7, 11) is 3.31. The Morgan fingerprint density at radius 2 is 1.84 bits per heavy atom. The molecule has 0 spiro atoms. The third kappa shape index (κ3) is 3.98. The van der Waals surface area contributed by atoms with Gasteiger partial charge in [0.1, 0.15) is 0 Å². The topological polar surface area (TPSA) is 69.9 Å². The predicted molar refractivity (Wildman–Crippen MR) is 96.7 cm³/mol. The molecule has 0 radical (unpaired) electrons. The van der Waals surface area contributed by atoms with Crippen LogP contribution in [0.25, 0.3) is 0 Å². The second-order valence-corrected chi connectivity index (χ2v) is 6.63. The second kappa shape index (κ2) is 8.11. The number of nitriles is 1. The molecule has 1 heterocycles. The summed E-state index contributed by atoms with van der Waals surface area (Å²) in [5.74, 6) is 2.21. The van der Waals surface area contributed by atoms with Gasteiger partial charge >= 0.3 is 0 Å². The number of rotatable bonds is 3. The normalized spacial score (nSPS) is 18.3. The molecule has 0 aromatic heterocycles. The van der Waals surface area contributed by atoms with E-state index in [1.54, 1.807) is 14.2 Å². The van der Waals surface area contributed by atoms with Crippen molar-refractivity contribution in [2.75, 3.05) is 20.8 Å². The van der Waals surface area contributed by atoms with Gasteiger partial charge in [-0.3, -0.25) is 5.32 Å². The number of aliphatic imine (C=N–C) groups is 1. The van der Waals surface area contributed by atoms with Gasteiger partial charge in [0.05, 0.1) is 20.3 Å². The molecule has 1 saturated carbocycles. The standard InChI is InChI=1S/C19H26N4O2/c1-24-17-10-14-8-9-23(12-15(14)11-18(17)25-2)19(21-13-20)22-16-6-4-3-5-7-16/h10-11,16H,3-9,12H2,1-2H3,(H,21,22). The van der Waals surface area contributed by atoms with Crippen molar-refractivity contribution < 1.29 is 9.47 Å². The van der Waals surface area contributed by atoms with Crippen molar-refractivity contribution >= 4 is 5.96 Å². The van der Waals surface area contributed by atoms with Crippen molar-refractivity contribution in [1.29, 1.82) is 5.26 Å². The first-order chi connectivity index (χ1) is 12.2. The Kier molecular flexibility index (Phi) is 5.64. The van der Waals surface area contributed by atoms with Gasteiger partial charge in [0.25, 0.3) is 0 Å². The van der Waals surface area contributed by atoms with Gasteiger partial charge in [-0.1, -0.05) is 19.3 Å². The summed E-state index contributed by atoms with van der Waals surface area (Å²) in [6.07, 6.45) is 8.94. The van der Waals surface area contributed by atoms with Crippen LogP contribution < -0.4 is 14.8 Å². The van der Waals surface area contributed by atoms with E-state index in [0.717, 1.165) is 43.9 Å². The van der Waals surface area contributed by atoms with E-state index in [1.807, 2.05) is 6.07 Å². The number of fused-ring (bicyclic) bond motifs is 1. The van der Waals surface area contributed by atoms with Gasteiger partial charge in [-0.2, -0.15) is 5.26 Å². The van der Waals surface area contributed by atoms with Crippen LogP contribution in [0.15, 0.2) is 17.1 Å². The van der Waals surface area contributed by atoms with E-state index in [0.29, 0.717) is 12.0 Å². The highest BCUT2D eigenvalue weighted by atomic mass is 16.5. The summed E-state index contributed by atoms with van der Waals surface area (Å²) in [6, 6.07) is 4.42. The molecule has 0 bridgehead atoms. The van der Waals surface area contributed by atoms with Crippen LogP contribution in [0.4, 0.5) is 0 Å². The molecule has 6 nitrogen and oxygen atoms in total. The van der Waals surface area contributed by atoms with Gasteiger partial charge in [-0.25, -0.2) is 4.99 Å². The lowest BCUT2D eigenvalue weighted by atomic mass is 9.96. The van der Waals surface area contributed by atoms with E-state index >= 15 is 0 Å². The van der Waals surface area contributed by atoms with Crippen molar-refractivity contribution in [2.24, 2.45) is 4.99 Å². The zero-order chi connectivity index (χ0) is 17.6. The maximum Gasteiger partial charge on any atom is 0.207 e. The molecular weight excluding hydrogens is 316 g/mol. The van der Waals surface area contributed by atoms with Crippen LogP contribution >= 0.6 is 0 Å². The molecule has 0 atom stereocenters. The summed E-state index contributed by atoms with van der Waals surface area (Å²) in [4.78, 5) is 7.01. The molecule has 134 valence electrons. The third-order valence-electron chi connectivity index (χ3n) is 5.06. The molecule has 3 rings (SSSR count). The molecule has 0 amide bonds. The molecule has 1 N–H and O–H groups in total. The molecule has 1 fully saturated rings. The minimum atomic E-state index is 0.330. The Morgan fingerprint density at radius 3 is 2.48 bits per heavy atom. The summed E-state index contributed by atoms with van der Waals surface area (Å²) in [6.45, 7) is 1.55. The number of nitrogens with one attached hydrogen (secondary N) is 1. The van der Waals surface area contributed by atoms with Crippen LogP contribution in [-0.2, 0) is 13.0 Å². The van der Waals surface area contributed by atoms with Crippen LogP contribution in [0.1, 0.15) is 43.2 Å². The number of hydrogen-bond donors (Lipinski definition) is 1. The van der Waals surface area contributed by atoms with Crippen molar-refractivity contribution in [3.8, 4) is 17.7 Å². The predicted octanol–water partition coefficient (Wildman–Crippen LogP) is 2.82. The molecule has 6 heteroatoms. The number of hydrogen-bond acceptors (Lipinski definition) is 4. The fourth-order valence-electron chi connectivity index (χ4n) is 3.69. The number of guanidine groups is 1. The van der Waals surface area contributed by atoms with Crippen LogP contribution in [0.3, 0.4) is 0 Å². The van der Waals surface area contributed by atoms with Crippen LogP contribution in [0.2, 0.25) is 0 Å². The van der Waals surface area contributed by atoms with Gasteiger partial charge in [-0.05, 0) is 42.5 Å². The Morgan fingerprint density at radius 1 is 1.16 bits per heavy atom. The average Bonchev–Trinajstić information content (AvgIpc) is 2.67. The van der Waals surface area contributed by atoms with Gasteiger partial charge < -0.3 is 14.4 Å². The van der Waals surface area contributed by atoms with E-state index in [1.165, 1.54) is 30.4 Å². The summed E-state index contributed by atoms with van der Waals surface area (Å²) in [5, 5.41) is 11.9. The lowest BCUT2D eigenvalue weighted by Gasteiger charge is -2.32. The number of methoxy groups -OCH3 is 2. The van der Waals surface area contributed by atoms with Crippen molar-refractivity contribution in [1.82, 2.24) is 10.2 Å². The Balaban J connectivity index is 1.81. The number of benzene rings is 1. The fraction of sp³-hybridized carbons (Fsp3) is 0.579. The fourth-order valence-corrected chi connectivity index (χ4v) is 3.69. The smallest absolute Gasteiger partial charge is 0.207 e. The van der Waals surface area contributed by atoms with Gasteiger partial charge in [-0.15, -0.1) is 0 Å². The molecule has 25 heavy (non-hydrogen) atoms. The maximum atomic E-state index is 9.14. The summed E-state index contributed by atoms with van der Waals surface area (Å²) in [5.41, 5.74) is 2.46. The first-order valence-corrected chi connectivity index (χ1v) is 8.96.